The van der Waals surface area contributed by atoms with Gasteiger partial charge < -0.3 is 19.5 Å². The van der Waals surface area contributed by atoms with Gasteiger partial charge >= 0.3 is 0 Å². The second-order valence-corrected chi connectivity index (χ2v) is 5.10. The summed E-state index contributed by atoms with van der Waals surface area (Å²) in [5.41, 5.74) is 0.510. The monoisotopic (exact) mass is 310 g/mol. The summed E-state index contributed by atoms with van der Waals surface area (Å²) in [7, 11) is 1.61. The highest BCUT2D eigenvalue weighted by Gasteiger charge is 2.32. The van der Waals surface area contributed by atoms with Crippen molar-refractivity contribution in [3.8, 4) is 5.88 Å². The molecule has 0 bridgehead atoms. The van der Waals surface area contributed by atoms with Gasteiger partial charge in [0.25, 0.3) is 5.91 Å². The Labute approximate surface area is 132 Å². The van der Waals surface area contributed by atoms with Gasteiger partial charge in [0.2, 0.25) is 5.88 Å². The maximum atomic E-state index is 12.4. The number of aryl methyl sites for hydroxylation is 1. The summed E-state index contributed by atoms with van der Waals surface area (Å²) < 4.78 is 15.9. The van der Waals surface area contributed by atoms with Gasteiger partial charge in [0.05, 0.1) is 18.0 Å². The summed E-state index contributed by atoms with van der Waals surface area (Å²) in [6, 6.07) is 3.51. The molecule has 0 aromatic carbocycles. The molecule has 22 heavy (non-hydrogen) atoms. The summed E-state index contributed by atoms with van der Waals surface area (Å²) in [5.74, 6) is 0.338. The first kappa shape index (κ1) is 18.4. The average molecular weight is 310 g/mol. The number of hydrogen-bond acceptors (Lipinski definition) is 5. The lowest BCUT2D eigenvalue weighted by Crippen LogP contribution is -2.42. The zero-order valence-corrected chi connectivity index (χ0v) is 14.1. The van der Waals surface area contributed by atoms with Crippen LogP contribution in [0.4, 0.5) is 5.69 Å². The number of hydrogen-bond donors (Lipinski definition) is 1. The molecular weight excluding hydrogens is 284 g/mol. The summed E-state index contributed by atoms with van der Waals surface area (Å²) in [5, 5.41) is 2.87. The van der Waals surface area contributed by atoms with Gasteiger partial charge in [-0.05, 0) is 33.3 Å². The topological polar surface area (TPSA) is 69.7 Å². The number of pyridine rings is 1. The largest absolute Gasteiger partial charge is 0.475 e. The highest BCUT2D eigenvalue weighted by atomic mass is 16.5. The number of nitrogens with zero attached hydrogens (tertiary/aromatic N) is 1. The van der Waals surface area contributed by atoms with Crippen LogP contribution in [-0.2, 0) is 14.3 Å². The fraction of sp³-hybridized carbons (Fsp3) is 0.625. The van der Waals surface area contributed by atoms with Crippen molar-refractivity contribution < 1.29 is 19.0 Å². The third kappa shape index (κ3) is 4.96. The van der Waals surface area contributed by atoms with Crippen molar-refractivity contribution in [2.24, 2.45) is 0 Å². The van der Waals surface area contributed by atoms with E-state index in [1.54, 1.807) is 26.2 Å². The van der Waals surface area contributed by atoms with Crippen LogP contribution in [0.1, 0.15) is 32.9 Å². The fourth-order valence-corrected chi connectivity index (χ4v) is 1.88. The Bertz CT molecular complexity index is 493. The molecule has 6 nitrogen and oxygen atoms in total. The molecule has 124 valence electrons. The number of nitrogens with one attached hydrogen (secondary N) is 1. The Morgan fingerprint density at radius 3 is 2.59 bits per heavy atom. The van der Waals surface area contributed by atoms with Crippen molar-refractivity contribution in [1.82, 2.24) is 4.98 Å². The van der Waals surface area contributed by atoms with Crippen LogP contribution in [-0.4, -0.2) is 43.4 Å². The van der Waals surface area contributed by atoms with Crippen LogP contribution in [0.3, 0.4) is 0 Å². The highest BCUT2D eigenvalue weighted by molar-refractivity contribution is 5.97. The van der Waals surface area contributed by atoms with Gasteiger partial charge in [0.1, 0.15) is 12.2 Å². The molecule has 1 atom stereocenters. The SMILES string of the molecule is CCO[C@](C)(CC)C(=O)Nc1ccc(OCCOC)nc1C. The van der Waals surface area contributed by atoms with Gasteiger partial charge in [-0.1, -0.05) is 6.92 Å². The van der Waals surface area contributed by atoms with Crippen molar-refractivity contribution in [3.05, 3.63) is 17.8 Å². The van der Waals surface area contributed by atoms with Crippen LogP contribution in [0.15, 0.2) is 12.1 Å². The third-order valence-corrected chi connectivity index (χ3v) is 3.46. The molecule has 1 rings (SSSR count). The number of rotatable bonds is 9. The second kappa shape index (κ2) is 8.70. The molecule has 0 aliphatic carbocycles. The van der Waals surface area contributed by atoms with Crippen molar-refractivity contribution in [2.75, 3.05) is 32.2 Å². The lowest BCUT2D eigenvalue weighted by molar-refractivity contribution is -0.139. The molecule has 0 radical (unpaired) electrons. The van der Waals surface area contributed by atoms with E-state index in [1.807, 2.05) is 20.8 Å². The molecule has 0 saturated heterocycles. The average Bonchev–Trinajstić information content (AvgIpc) is 2.50. The maximum Gasteiger partial charge on any atom is 0.256 e. The van der Waals surface area contributed by atoms with Crippen LogP contribution >= 0.6 is 0 Å². The van der Waals surface area contributed by atoms with Crippen LogP contribution < -0.4 is 10.1 Å². The van der Waals surface area contributed by atoms with E-state index in [1.165, 1.54) is 0 Å². The molecule has 0 aliphatic heterocycles. The van der Waals surface area contributed by atoms with Gasteiger partial charge in [-0.3, -0.25) is 4.79 Å². The summed E-state index contributed by atoms with van der Waals surface area (Å²) in [6.07, 6.45) is 0.595. The third-order valence-electron chi connectivity index (χ3n) is 3.46. The predicted octanol–water partition coefficient (Wildman–Crippen LogP) is 2.56. The second-order valence-electron chi connectivity index (χ2n) is 5.10. The molecule has 6 heteroatoms. The van der Waals surface area contributed by atoms with E-state index < -0.39 is 5.60 Å². The highest BCUT2D eigenvalue weighted by Crippen LogP contribution is 2.21. The minimum atomic E-state index is -0.838. The van der Waals surface area contributed by atoms with Crippen LogP contribution in [0.25, 0.3) is 0 Å². The molecule has 1 N–H and O–H groups in total. The first-order valence-electron chi connectivity index (χ1n) is 7.51. The zero-order valence-electron chi connectivity index (χ0n) is 14.1. The normalized spacial score (nSPS) is 13.5. The van der Waals surface area contributed by atoms with E-state index in [0.29, 0.717) is 43.5 Å². The Balaban J connectivity index is 2.75. The van der Waals surface area contributed by atoms with Gasteiger partial charge in [-0.2, -0.15) is 0 Å². The Kier molecular flexibility index (Phi) is 7.27. The molecular formula is C16H26N2O4. The molecule has 0 unspecified atom stereocenters. The first-order chi connectivity index (χ1) is 10.5. The number of methoxy groups -OCH3 is 1. The first-order valence-corrected chi connectivity index (χ1v) is 7.51. The molecule has 0 fully saturated rings. The Hall–Kier alpha value is -1.66. The number of amides is 1. The quantitative estimate of drug-likeness (QED) is 0.710. The van der Waals surface area contributed by atoms with Gasteiger partial charge in [0.15, 0.2) is 0 Å². The molecule has 0 spiro atoms. The minimum absolute atomic E-state index is 0.171. The standard InChI is InChI=1S/C16H26N2O4/c1-6-16(4,22-7-2)15(19)18-13-8-9-14(17-12(13)3)21-11-10-20-5/h8-9H,6-7,10-11H2,1-5H3,(H,18,19)/t16-/m1/s1. The van der Waals surface area contributed by atoms with E-state index >= 15 is 0 Å². The molecule has 1 heterocycles. The van der Waals surface area contributed by atoms with Gasteiger partial charge in [-0.25, -0.2) is 4.98 Å². The molecule has 1 aromatic heterocycles. The molecule has 1 aromatic rings. The van der Waals surface area contributed by atoms with Gasteiger partial charge in [0, 0.05) is 19.8 Å². The van der Waals surface area contributed by atoms with Gasteiger partial charge in [-0.15, -0.1) is 0 Å². The van der Waals surface area contributed by atoms with Crippen molar-refractivity contribution in [3.63, 3.8) is 0 Å². The number of aromatic nitrogens is 1. The maximum absolute atomic E-state index is 12.4. The van der Waals surface area contributed by atoms with Crippen LogP contribution in [0, 0.1) is 6.92 Å². The predicted molar refractivity (Wildman–Crippen MR) is 85.3 cm³/mol. The van der Waals surface area contributed by atoms with E-state index in [0.717, 1.165) is 0 Å². The van der Waals surface area contributed by atoms with E-state index in [-0.39, 0.29) is 5.91 Å². The number of carbonyl (C=O) groups is 1. The zero-order chi connectivity index (χ0) is 16.6. The Morgan fingerprint density at radius 1 is 1.32 bits per heavy atom. The fourth-order valence-electron chi connectivity index (χ4n) is 1.88. The Morgan fingerprint density at radius 2 is 2.05 bits per heavy atom. The lowest BCUT2D eigenvalue weighted by Gasteiger charge is -2.27. The van der Waals surface area contributed by atoms with Crippen LogP contribution in [0.2, 0.25) is 0 Å². The molecule has 0 saturated carbocycles. The number of ether oxygens (including phenoxy) is 3. The van der Waals surface area contributed by atoms with Crippen molar-refractivity contribution >= 4 is 11.6 Å². The lowest BCUT2D eigenvalue weighted by atomic mass is 10.0. The van der Waals surface area contributed by atoms with E-state index in [2.05, 4.69) is 10.3 Å². The minimum Gasteiger partial charge on any atom is -0.475 e. The number of anilines is 1. The number of carbonyl (C=O) groups excluding carboxylic acids is 1. The van der Waals surface area contributed by atoms with Crippen molar-refractivity contribution in [2.45, 2.75) is 39.7 Å². The molecule has 0 aliphatic rings. The summed E-state index contributed by atoms with van der Waals surface area (Å²) >= 11 is 0. The molecule has 1 amide bonds. The summed E-state index contributed by atoms with van der Waals surface area (Å²) in [4.78, 5) is 16.7. The van der Waals surface area contributed by atoms with E-state index in [4.69, 9.17) is 14.2 Å². The van der Waals surface area contributed by atoms with Crippen LogP contribution in [0.5, 0.6) is 5.88 Å². The summed E-state index contributed by atoms with van der Waals surface area (Å²) in [6.45, 7) is 8.84. The van der Waals surface area contributed by atoms with E-state index in [9.17, 15) is 4.79 Å². The van der Waals surface area contributed by atoms with Crippen molar-refractivity contribution in [1.29, 1.82) is 0 Å². The smallest absolute Gasteiger partial charge is 0.256 e.